The predicted octanol–water partition coefficient (Wildman–Crippen LogP) is 2.10. The van der Waals surface area contributed by atoms with Crippen LogP contribution in [0.2, 0.25) is 0 Å². The van der Waals surface area contributed by atoms with Crippen molar-refractivity contribution in [1.82, 2.24) is 9.97 Å². The Labute approximate surface area is 120 Å². The minimum atomic E-state index is -0.0639. The zero-order chi connectivity index (χ0) is 14.0. The topological polar surface area (TPSA) is 56.3 Å². The van der Waals surface area contributed by atoms with Gasteiger partial charge in [-0.25, -0.2) is 9.97 Å². The summed E-state index contributed by atoms with van der Waals surface area (Å²) in [4.78, 5) is 8.92. The molecule has 1 N–H and O–H groups in total. The first-order valence-corrected chi connectivity index (χ1v) is 7.52. The van der Waals surface area contributed by atoms with Crippen molar-refractivity contribution >= 4 is 5.82 Å². The van der Waals surface area contributed by atoms with E-state index in [0.29, 0.717) is 6.04 Å². The van der Waals surface area contributed by atoms with E-state index in [2.05, 4.69) is 28.3 Å². The highest BCUT2D eigenvalue weighted by Gasteiger charge is 2.41. The highest BCUT2D eigenvalue weighted by molar-refractivity contribution is 5.37. The summed E-state index contributed by atoms with van der Waals surface area (Å²) in [6, 6.07) is 2.46. The van der Waals surface area contributed by atoms with Gasteiger partial charge in [-0.3, -0.25) is 0 Å². The molecule has 2 aliphatic rings. The fourth-order valence-electron chi connectivity index (χ4n) is 3.11. The van der Waals surface area contributed by atoms with Crippen LogP contribution in [0.1, 0.15) is 37.7 Å². The first kappa shape index (κ1) is 13.8. The van der Waals surface area contributed by atoms with Gasteiger partial charge in [0.05, 0.1) is 12.2 Å². The number of nitrogens with zero attached hydrogens (tertiary/aromatic N) is 2. The molecule has 3 heterocycles. The van der Waals surface area contributed by atoms with Crippen molar-refractivity contribution in [3.05, 3.63) is 17.6 Å². The number of hydrogen-bond acceptors (Lipinski definition) is 5. The highest BCUT2D eigenvalue weighted by atomic mass is 16.6. The van der Waals surface area contributed by atoms with Gasteiger partial charge in [-0.2, -0.15) is 0 Å². The van der Waals surface area contributed by atoms with Crippen LogP contribution in [0.15, 0.2) is 6.07 Å². The Bertz CT molecular complexity index is 472. The maximum Gasteiger partial charge on any atom is 0.130 e. The first-order valence-electron chi connectivity index (χ1n) is 7.52. The zero-order valence-corrected chi connectivity index (χ0v) is 12.3. The number of rotatable bonds is 3. The highest BCUT2D eigenvalue weighted by Crippen LogP contribution is 2.33. The first-order chi connectivity index (χ1) is 9.69. The molecule has 1 aromatic rings. The molecule has 2 saturated heterocycles. The summed E-state index contributed by atoms with van der Waals surface area (Å²) in [6.45, 7) is 6.41. The van der Waals surface area contributed by atoms with Crippen molar-refractivity contribution < 1.29 is 9.47 Å². The Hall–Kier alpha value is -1.20. The van der Waals surface area contributed by atoms with E-state index in [9.17, 15) is 0 Å². The van der Waals surface area contributed by atoms with E-state index in [0.717, 1.165) is 62.8 Å². The van der Waals surface area contributed by atoms with Crippen LogP contribution in [-0.2, 0) is 15.9 Å². The summed E-state index contributed by atoms with van der Waals surface area (Å²) in [7, 11) is 0. The Morgan fingerprint density at radius 2 is 2.30 bits per heavy atom. The predicted molar refractivity (Wildman–Crippen MR) is 76.9 cm³/mol. The molecule has 2 aliphatic heterocycles. The minimum Gasteiger partial charge on any atom is -0.378 e. The number of aromatic nitrogens is 2. The molecule has 3 rings (SSSR count). The zero-order valence-electron chi connectivity index (χ0n) is 12.3. The van der Waals surface area contributed by atoms with Crippen LogP contribution in [0.5, 0.6) is 0 Å². The van der Waals surface area contributed by atoms with Gasteiger partial charge in [-0.05, 0) is 26.2 Å². The molecule has 110 valence electrons. The lowest BCUT2D eigenvalue weighted by molar-refractivity contribution is -0.0829. The molecule has 5 heteroatoms. The van der Waals surface area contributed by atoms with Gasteiger partial charge in [-0.15, -0.1) is 0 Å². The second-order valence-electron chi connectivity index (χ2n) is 5.81. The van der Waals surface area contributed by atoms with E-state index in [1.165, 1.54) is 0 Å². The standard InChI is InChI=1S/C15H23N3O2/c1-3-12-8-14(17-11(2)16-12)18-13-4-6-20-15(9-13)5-7-19-10-15/h8,13H,3-7,9-10H2,1-2H3,(H,16,17,18)/t13-,15+/m1/s1. The van der Waals surface area contributed by atoms with Crippen LogP contribution >= 0.6 is 0 Å². The minimum absolute atomic E-state index is 0.0639. The van der Waals surface area contributed by atoms with Crippen LogP contribution in [0, 0.1) is 6.92 Å². The lowest BCUT2D eigenvalue weighted by Gasteiger charge is -2.37. The van der Waals surface area contributed by atoms with Crippen molar-refractivity contribution in [2.75, 3.05) is 25.1 Å². The number of hydrogen-bond donors (Lipinski definition) is 1. The lowest BCUT2D eigenvalue weighted by Crippen LogP contribution is -2.45. The van der Waals surface area contributed by atoms with E-state index in [-0.39, 0.29) is 5.60 Å². The van der Waals surface area contributed by atoms with Crippen LogP contribution in [-0.4, -0.2) is 41.4 Å². The number of anilines is 1. The van der Waals surface area contributed by atoms with Gasteiger partial charge < -0.3 is 14.8 Å². The average Bonchev–Trinajstić information content (AvgIpc) is 2.86. The molecule has 0 aliphatic carbocycles. The van der Waals surface area contributed by atoms with Gasteiger partial charge in [0, 0.05) is 37.4 Å². The van der Waals surface area contributed by atoms with Crippen LogP contribution in [0.3, 0.4) is 0 Å². The van der Waals surface area contributed by atoms with Gasteiger partial charge in [0.25, 0.3) is 0 Å². The summed E-state index contributed by atoms with van der Waals surface area (Å²) in [5.41, 5.74) is 1.02. The van der Waals surface area contributed by atoms with E-state index >= 15 is 0 Å². The largest absolute Gasteiger partial charge is 0.378 e. The maximum atomic E-state index is 5.97. The molecule has 2 fully saturated rings. The maximum absolute atomic E-state index is 5.97. The Kier molecular flexibility index (Phi) is 3.89. The SMILES string of the molecule is CCc1cc(N[C@@H]2CCO[C@@]3(CCOC3)C2)nc(C)n1. The summed E-state index contributed by atoms with van der Waals surface area (Å²) in [5, 5.41) is 3.56. The molecule has 0 aromatic carbocycles. The molecule has 0 radical (unpaired) electrons. The molecular weight excluding hydrogens is 254 g/mol. The fraction of sp³-hybridized carbons (Fsp3) is 0.733. The third kappa shape index (κ3) is 2.94. The lowest BCUT2D eigenvalue weighted by atomic mass is 9.90. The Morgan fingerprint density at radius 1 is 1.40 bits per heavy atom. The molecule has 0 bridgehead atoms. The second kappa shape index (κ2) is 5.66. The molecule has 0 unspecified atom stereocenters. The Morgan fingerprint density at radius 3 is 3.05 bits per heavy atom. The van der Waals surface area contributed by atoms with Crippen LogP contribution in [0.25, 0.3) is 0 Å². The number of nitrogens with one attached hydrogen (secondary N) is 1. The van der Waals surface area contributed by atoms with Gasteiger partial charge in [0.2, 0.25) is 0 Å². The fourth-order valence-corrected chi connectivity index (χ4v) is 3.11. The normalized spacial score (nSPS) is 29.8. The third-order valence-electron chi connectivity index (χ3n) is 4.17. The van der Waals surface area contributed by atoms with E-state index in [1.54, 1.807) is 0 Å². The molecule has 1 spiro atoms. The van der Waals surface area contributed by atoms with E-state index in [4.69, 9.17) is 9.47 Å². The van der Waals surface area contributed by atoms with Crippen LogP contribution in [0.4, 0.5) is 5.82 Å². The second-order valence-corrected chi connectivity index (χ2v) is 5.81. The van der Waals surface area contributed by atoms with Gasteiger partial charge in [0.1, 0.15) is 11.6 Å². The molecule has 20 heavy (non-hydrogen) atoms. The molecule has 0 amide bonds. The Balaban J connectivity index is 1.69. The molecule has 1 aromatic heterocycles. The van der Waals surface area contributed by atoms with Crippen molar-refractivity contribution in [2.24, 2.45) is 0 Å². The van der Waals surface area contributed by atoms with Crippen molar-refractivity contribution in [3.8, 4) is 0 Å². The molecule has 2 atom stereocenters. The summed E-state index contributed by atoms with van der Waals surface area (Å²) in [6.07, 6.45) is 3.96. The smallest absolute Gasteiger partial charge is 0.130 e. The van der Waals surface area contributed by atoms with Crippen molar-refractivity contribution in [1.29, 1.82) is 0 Å². The number of aryl methyl sites for hydroxylation is 2. The van der Waals surface area contributed by atoms with Crippen LogP contribution < -0.4 is 5.32 Å². The molecule has 5 nitrogen and oxygen atoms in total. The molecular formula is C15H23N3O2. The van der Waals surface area contributed by atoms with Gasteiger partial charge in [-0.1, -0.05) is 6.92 Å². The monoisotopic (exact) mass is 277 g/mol. The quantitative estimate of drug-likeness (QED) is 0.917. The summed E-state index contributed by atoms with van der Waals surface area (Å²) in [5.74, 6) is 1.77. The van der Waals surface area contributed by atoms with E-state index in [1.807, 2.05) is 6.92 Å². The van der Waals surface area contributed by atoms with E-state index < -0.39 is 0 Å². The van der Waals surface area contributed by atoms with Crippen molar-refractivity contribution in [3.63, 3.8) is 0 Å². The molecule has 0 saturated carbocycles. The summed E-state index contributed by atoms with van der Waals surface area (Å²) < 4.78 is 11.5. The summed E-state index contributed by atoms with van der Waals surface area (Å²) >= 11 is 0. The average molecular weight is 277 g/mol. The number of ether oxygens (including phenoxy) is 2. The third-order valence-corrected chi connectivity index (χ3v) is 4.17. The van der Waals surface area contributed by atoms with Gasteiger partial charge in [0.15, 0.2) is 0 Å². The van der Waals surface area contributed by atoms with Crippen molar-refractivity contribution in [2.45, 2.75) is 51.2 Å². The van der Waals surface area contributed by atoms with Gasteiger partial charge >= 0.3 is 0 Å².